The van der Waals surface area contributed by atoms with Crippen LogP contribution in [0.1, 0.15) is 26.8 Å². The van der Waals surface area contributed by atoms with Gasteiger partial charge in [-0.05, 0) is 29.1 Å². The first-order valence-electron chi connectivity index (χ1n) is 9.33. The maximum absolute atomic E-state index is 12.5. The number of carboxylic acid groups (broad SMARTS) is 1. The molecule has 3 aromatic rings. The molecule has 156 valence electrons. The normalized spacial score (nSPS) is 14.6. The smallest absolute Gasteiger partial charge is 0.330 e. The van der Waals surface area contributed by atoms with Crippen molar-refractivity contribution in [2.75, 3.05) is 6.61 Å². The topological polar surface area (TPSA) is 102 Å². The zero-order chi connectivity index (χ0) is 21.8. The Morgan fingerprint density at radius 2 is 1.94 bits per heavy atom. The first-order valence-corrected chi connectivity index (χ1v) is 10.2. The number of aliphatic carboxylic acids is 1. The standard InChI is InChI=1S/C23H17NO6S/c25-20(24-21(23(27)28)14-5-2-1-3-6-14)13-29-15-8-9-17-18(11-15)30-19(22(17)26)12-16-7-4-10-31-16/h1-12,21H,13H2,(H,24,25)(H,27,28)/t21-/m1/s1. The monoisotopic (exact) mass is 435 g/mol. The summed E-state index contributed by atoms with van der Waals surface area (Å²) in [7, 11) is 0. The summed E-state index contributed by atoms with van der Waals surface area (Å²) in [5.74, 6) is -1.09. The quantitative estimate of drug-likeness (QED) is 0.549. The van der Waals surface area contributed by atoms with Gasteiger partial charge in [0.05, 0.1) is 5.56 Å². The lowest BCUT2D eigenvalue weighted by Gasteiger charge is -2.15. The number of thiophene rings is 1. The number of amides is 1. The number of carboxylic acids is 1. The van der Waals surface area contributed by atoms with Crippen molar-refractivity contribution in [1.29, 1.82) is 0 Å². The molecule has 1 aliphatic heterocycles. The molecule has 0 saturated carbocycles. The highest BCUT2D eigenvalue weighted by atomic mass is 32.1. The highest BCUT2D eigenvalue weighted by molar-refractivity contribution is 7.10. The molecule has 7 nitrogen and oxygen atoms in total. The molecule has 31 heavy (non-hydrogen) atoms. The predicted octanol–water partition coefficient (Wildman–Crippen LogP) is 3.69. The Morgan fingerprint density at radius 1 is 1.13 bits per heavy atom. The Labute approximate surface area is 181 Å². The molecule has 1 aliphatic rings. The van der Waals surface area contributed by atoms with Crippen LogP contribution in [-0.4, -0.2) is 29.4 Å². The van der Waals surface area contributed by atoms with E-state index in [9.17, 15) is 19.5 Å². The fourth-order valence-electron chi connectivity index (χ4n) is 3.04. The molecule has 0 fully saturated rings. The molecular weight excluding hydrogens is 418 g/mol. The van der Waals surface area contributed by atoms with E-state index in [4.69, 9.17) is 9.47 Å². The summed E-state index contributed by atoms with van der Waals surface area (Å²) in [4.78, 5) is 37.1. The molecule has 2 N–H and O–H groups in total. The summed E-state index contributed by atoms with van der Waals surface area (Å²) in [6.45, 7) is -0.388. The van der Waals surface area contributed by atoms with E-state index in [0.29, 0.717) is 22.6 Å². The van der Waals surface area contributed by atoms with Crippen molar-refractivity contribution >= 4 is 35.1 Å². The zero-order valence-electron chi connectivity index (χ0n) is 16.1. The van der Waals surface area contributed by atoms with Crippen molar-refractivity contribution in [2.24, 2.45) is 0 Å². The van der Waals surface area contributed by atoms with Crippen LogP contribution in [0.4, 0.5) is 0 Å². The minimum absolute atomic E-state index is 0.222. The Bertz CT molecular complexity index is 1150. The molecule has 2 heterocycles. The average Bonchev–Trinajstić information content (AvgIpc) is 3.39. The largest absolute Gasteiger partial charge is 0.484 e. The summed E-state index contributed by atoms with van der Waals surface area (Å²) < 4.78 is 11.1. The molecule has 0 bridgehead atoms. The van der Waals surface area contributed by atoms with Gasteiger partial charge in [0.2, 0.25) is 5.78 Å². The van der Waals surface area contributed by atoms with Crippen LogP contribution in [0.25, 0.3) is 6.08 Å². The minimum atomic E-state index is -1.18. The van der Waals surface area contributed by atoms with E-state index >= 15 is 0 Å². The first-order chi connectivity index (χ1) is 15.0. The van der Waals surface area contributed by atoms with Crippen LogP contribution in [0.5, 0.6) is 11.5 Å². The molecule has 4 rings (SSSR count). The molecule has 0 spiro atoms. The van der Waals surface area contributed by atoms with Crippen LogP contribution in [0, 0.1) is 0 Å². The third-order valence-electron chi connectivity index (χ3n) is 4.51. The molecule has 2 aromatic carbocycles. The minimum Gasteiger partial charge on any atom is -0.484 e. The van der Waals surface area contributed by atoms with Crippen molar-refractivity contribution in [1.82, 2.24) is 5.32 Å². The third kappa shape index (κ3) is 4.65. The number of ether oxygens (including phenoxy) is 2. The lowest BCUT2D eigenvalue weighted by molar-refractivity contribution is -0.142. The van der Waals surface area contributed by atoms with Gasteiger partial charge in [-0.25, -0.2) is 4.79 Å². The van der Waals surface area contributed by atoms with Crippen molar-refractivity contribution < 1.29 is 29.0 Å². The SMILES string of the molecule is O=C(COc1ccc2c(c1)OC(=Cc1cccs1)C2=O)N[C@@H](C(=O)O)c1ccccc1. The van der Waals surface area contributed by atoms with E-state index in [2.05, 4.69) is 5.32 Å². The van der Waals surface area contributed by atoms with Gasteiger partial charge in [0.25, 0.3) is 5.91 Å². The number of rotatable bonds is 7. The molecule has 8 heteroatoms. The van der Waals surface area contributed by atoms with E-state index in [1.54, 1.807) is 48.5 Å². The van der Waals surface area contributed by atoms with Crippen LogP contribution < -0.4 is 14.8 Å². The average molecular weight is 435 g/mol. The Kier molecular flexibility index (Phi) is 5.81. The summed E-state index contributed by atoms with van der Waals surface area (Å²) in [6.07, 6.45) is 1.68. The number of hydrogen-bond acceptors (Lipinski definition) is 6. The van der Waals surface area contributed by atoms with E-state index in [0.717, 1.165) is 4.88 Å². The zero-order valence-corrected chi connectivity index (χ0v) is 16.9. The van der Waals surface area contributed by atoms with Gasteiger partial charge in [0.1, 0.15) is 11.5 Å². The molecular formula is C23H17NO6S. The number of nitrogens with one attached hydrogen (secondary N) is 1. The summed E-state index contributed by atoms with van der Waals surface area (Å²) in [5.41, 5.74) is 0.868. The van der Waals surface area contributed by atoms with Gasteiger partial charge >= 0.3 is 5.97 Å². The predicted molar refractivity (Wildman–Crippen MR) is 114 cm³/mol. The number of allylic oxidation sites excluding steroid dienone is 1. The molecule has 0 saturated heterocycles. The fraction of sp³-hybridized carbons (Fsp3) is 0.0870. The number of fused-ring (bicyclic) bond motifs is 1. The molecule has 0 radical (unpaired) electrons. The van der Waals surface area contributed by atoms with Gasteiger partial charge in [0.15, 0.2) is 18.4 Å². The van der Waals surface area contributed by atoms with E-state index < -0.39 is 17.9 Å². The fourth-order valence-corrected chi connectivity index (χ4v) is 3.69. The van der Waals surface area contributed by atoms with Gasteiger partial charge in [-0.2, -0.15) is 0 Å². The summed E-state index contributed by atoms with van der Waals surface area (Å²) in [6, 6.07) is 15.6. The molecule has 0 aliphatic carbocycles. The van der Waals surface area contributed by atoms with Crippen LogP contribution in [0.2, 0.25) is 0 Å². The number of hydrogen-bond donors (Lipinski definition) is 2. The molecule has 1 aromatic heterocycles. The summed E-state index contributed by atoms with van der Waals surface area (Å²) >= 11 is 1.49. The number of carbonyl (C=O) groups is 3. The van der Waals surface area contributed by atoms with Crippen LogP contribution in [0.15, 0.2) is 71.8 Å². The van der Waals surface area contributed by atoms with Gasteiger partial charge in [-0.3, -0.25) is 9.59 Å². The Morgan fingerprint density at radius 3 is 2.65 bits per heavy atom. The van der Waals surface area contributed by atoms with Crippen LogP contribution in [-0.2, 0) is 9.59 Å². The number of Topliss-reactive ketones (excluding diaryl/α,β-unsaturated/α-hetero) is 1. The van der Waals surface area contributed by atoms with Crippen molar-refractivity contribution in [3.8, 4) is 11.5 Å². The Hall–Kier alpha value is -3.91. The molecule has 0 unspecified atom stereocenters. The van der Waals surface area contributed by atoms with Gasteiger partial charge in [-0.15, -0.1) is 11.3 Å². The second-order valence-corrected chi connectivity index (χ2v) is 7.63. The van der Waals surface area contributed by atoms with E-state index in [1.165, 1.54) is 17.4 Å². The maximum atomic E-state index is 12.5. The van der Waals surface area contributed by atoms with Crippen LogP contribution in [0.3, 0.4) is 0 Å². The third-order valence-corrected chi connectivity index (χ3v) is 5.33. The Balaban J connectivity index is 1.40. The van der Waals surface area contributed by atoms with Crippen molar-refractivity contribution in [3.63, 3.8) is 0 Å². The lowest BCUT2D eigenvalue weighted by Crippen LogP contribution is -2.36. The van der Waals surface area contributed by atoms with Gasteiger partial charge in [0, 0.05) is 17.0 Å². The lowest BCUT2D eigenvalue weighted by atomic mass is 10.1. The maximum Gasteiger partial charge on any atom is 0.330 e. The number of benzene rings is 2. The van der Waals surface area contributed by atoms with Gasteiger partial charge < -0.3 is 19.9 Å². The van der Waals surface area contributed by atoms with Crippen molar-refractivity contribution in [2.45, 2.75) is 6.04 Å². The molecule has 1 amide bonds. The molecule has 1 atom stereocenters. The van der Waals surface area contributed by atoms with E-state index in [-0.39, 0.29) is 18.1 Å². The van der Waals surface area contributed by atoms with Crippen molar-refractivity contribution in [3.05, 3.63) is 87.8 Å². The second-order valence-electron chi connectivity index (χ2n) is 6.65. The first kappa shape index (κ1) is 20.4. The van der Waals surface area contributed by atoms with Gasteiger partial charge in [-0.1, -0.05) is 36.4 Å². The summed E-state index contributed by atoms with van der Waals surface area (Å²) in [5, 5.41) is 13.7. The highest BCUT2D eigenvalue weighted by Gasteiger charge is 2.28. The highest BCUT2D eigenvalue weighted by Crippen LogP contribution is 2.35. The number of ketones is 1. The van der Waals surface area contributed by atoms with Crippen LogP contribution >= 0.6 is 11.3 Å². The second kappa shape index (κ2) is 8.85. The van der Waals surface area contributed by atoms with E-state index in [1.807, 2.05) is 17.5 Å². The number of carbonyl (C=O) groups excluding carboxylic acids is 2.